The van der Waals surface area contributed by atoms with Crippen LogP contribution in [0.3, 0.4) is 0 Å². The largest absolute Gasteiger partial charge is 0.506 e. The number of rotatable bonds is 6. The van der Waals surface area contributed by atoms with Gasteiger partial charge in [0.15, 0.2) is 0 Å². The SMILES string of the molecule is COCCOCNC(=O)Nc1ccccc1O. The van der Waals surface area contributed by atoms with Crippen LogP contribution >= 0.6 is 0 Å². The Morgan fingerprint density at radius 3 is 2.82 bits per heavy atom. The molecule has 17 heavy (non-hydrogen) atoms. The van der Waals surface area contributed by atoms with E-state index in [4.69, 9.17) is 9.47 Å². The fourth-order valence-corrected chi connectivity index (χ4v) is 1.08. The quantitative estimate of drug-likeness (QED) is 0.395. The smallest absolute Gasteiger partial charge is 0.321 e. The van der Waals surface area contributed by atoms with Crippen LogP contribution < -0.4 is 10.6 Å². The van der Waals surface area contributed by atoms with Crippen LogP contribution in [0.25, 0.3) is 0 Å². The number of carbonyl (C=O) groups excluding carboxylic acids is 1. The maximum atomic E-state index is 11.4. The molecule has 0 aliphatic carbocycles. The van der Waals surface area contributed by atoms with Crippen molar-refractivity contribution >= 4 is 11.7 Å². The summed E-state index contributed by atoms with van der Waals surface area (Å²) in [4.78, 5) is 11.4. The van der Waals surface area contributed by atoms with E-state index >= 15 is 0 Å². The average molecular weight is 240 g/mol. The lowest BCUT2D eigenvalue weighted by molar-refractivity contribution is 0.0650. The van der Waals surface area contributed by atoms with Crippen LogP contribution in [0, 0.1) is 0 Å². The molecule has 0 saturated heterocycles. The second kappa shape index (κ2) is 7.48. The highest BCUT2D eigenvalue weighted by Crippen LogP contribution is 2.20. The van der Waals surface area contributed by atoms with Crippen molar-refractivity contribution in [1.29, 1.82) is 0 Å². The third-order valence-corrected chi connectivity index (χ3v) is 1.92. The molecule has 0 heterocycles. The highest BCUT2D eigenvalue weighted by Gasteiger charge is 2.03. The van der Waals surface area contributed by atoms with Gasteiger partial charge in [0, 0.05) is 7.11 Å². The summed E-state index contributed by atoms with van der Waals surface area (Å²) in [6.07, 6.45) is 0. The molecule has 0 bridgehead atoms. The van der Waals surface area contributed by atoms with Crippen molar-refractivity contribution in [1.82, 2.24) is 5.32 Å². The summed E-state index contributed by atoms with van der Waals surface area (Å²) in [5.41, 5.74) is 0.349. The zero-order valence-electron chi connectivity index (χ0n) is 9.60. The summed E-state index contributed by atoms with van der Waals surface area (Å²) < 4.78 is 9.83. The summed E-state index contributed by atoms with van der Waals surface area (Å²) in [7, 11) is 1.57. The molecular weight excluding hydrogens is 224 g/mol. The number of aromatic hydroxyl groups is 1. The molecule has 1 rings (SSSR count). The first-order valence-electron chi connectivity index (χ1n) is 5.13. The molecule has 6 nitrogen and oxygen atoms in total. The summed E-state index contributed by atoms with van der Waals surface area (Å²) in [5.74, 6) is 0.0166. The number of benzene rings is 1. The highest BCUT2D eigenvalue weighted by atomic mass is 16.5. The molecule has 0 unspecified atom stereocenters. The number of phenols is 1. The van der Waals surface area contributed by atoms with Gasteiger partial charge in [0.25, 0.3) is 0 Å². The second-order valence-corrected chi connectivity index (χ2v) is 3.19. The van der Waals surface area contributed by atoms with Crippen molar-refractivity contribution in [2.45, 2.75) is 0 Å². The lowest BCUT2D eigenvalue weighted by Crippen LogP contribution is -2.31. The molecule has 94 valence electrons. The summed E-state index contributed by atoms with van der Waals surface area (Å²) in [5, 5.41) is 14.4. The van der Waals surface area contributed by atoms with Gasteiger partial charge in [-0.3, -0.25) is 0 Å². The number of amides is 2. The monoisotopic (exact) mass is 240 g/mol. The molecule has 0 aliphatic rings. The molecule has 0 aromatic heterocycles. The number of methoxy groups -OCH3 is 1. The van der Waals surface area contributed by atoms with E-state index < -0.39 is 6.03 Å². The first kappa shape index (κ1) is 13.3. The molecule has 0 spiro atoms. The van der Waals surface area contributed by atoms with E-state index in [-0.39, 0.29) is 12.5 Å². The molecule has 0 saturated carbocycles. The van der Waals surface area contributed by atoms with Gasteiger partial charge in [-0.15, -0.1) is 0 Å². The maximum absolute atomic E-state index is 11.4. The first-order chi connectivity index (χ1) is 8.24. The van der Waals surface area contributed by atoms with Gasteiger partial charge in [0.2, 0.25) is 0 Å². The fourth-order valence-electron chi connectivity index (χ4n) is 1.08. The number of carbonyl (C=O) groups is 1. The van der Waals surface area contributed by atoms with Crippen LogP contribution in [0.5, 0.6) is 5.75 Å². The predicted molar refractivity (Wildman–Crippen MR) is 63.0 cm³/mol. The summed E-state index contributed by atoms with van der Waals surface area (Å²) in [6.45, 7) is 0.971. The number of para-hydroxylation sites is 2. The second-order valence-electron chi connectivity index (χ2n) is 3.19. The van der Waals surface area contributed by atoms with E-state index in [1.165, 1.54) is 6.07 Å². The highest BCUT2D eigenvalue weighted by molar-refractivity contribution is 5.90. The average Bonchev–Trinajstić information content (AvgIpc) is 2.32. The molecule has 6 heteroatoms. The molecule has 0 atom stereocenters. The number of phenolic OH excluding ortho intramolecular Hbond substituents is 1. The number of anilines is 1. The Morgan fingerprint density at radius 2 is 2.12 bits per heavy atom. The van der Waals surface area contributed by atoms with Gasteiger partial charge < -0.3 is 25.2 Å². The van der Waals surface area contributed by atoms with E-state index in [1.54, 1.807) is 25.3 Å². The third kappa shape index (κ3) is 5.19. The standard InChI is InChI=1S/C11H16N2O4/c1-16-6-7-17-8-12-11(15)13-9-4-2-3-5-10(9)14/h2-5,14H,6-8H2,1H3,(H2,12,13,15). The van der Waals surface area contributed by atoms with E-state index in [0.717, 1.165) is 0 Å². The molecule has 0 radical (unpaired) electrons. The maximum Gasteiger partial charge on any atom is 0.321 e. The molecule has 0 aliphatic heterocycles. The minimum absolute atomic E-state index is 0.0166. The van der Waals surface area contributed by atoms with Crippen LogP contribution in [-0.2, 0) is 9.47 Å². The van der Waals surface area contributed by atoms with E-state index in [9.17, 15) is 9.90 Å². The molecule has 3 N–H and O–H groups in total. The Balaban J connectivity index is 2.23. The Morgan fingerprint density at radius 1 is 1.35 bits per heavy atom. The van der Waals surface area contributed by atoms with Crippen molar-refractivity contribution < 1.29 is 19.4 Å². The van der Waals surface area contributed by atoms with E-state index in [2.05, 4.69) is 10.6 Å². The van der Waals surface area contributed by atoms with Crippen molar-refractivity contribution in [3.05, 3.63) is 24.3 Å². The minimum Gasteiger partial charge on any atom is -0.506 e. The zero-order chi connectivity index (χ0) is 12.5. The lowest BCUT2D eigenvalue weighted by Gasteiger charge is -2.09. The third-order valence-electron chi connectivity index (χ3n) is 1.92. The molecule has 1 aromatic rings. The molecule has 1 aromatic carbocycles. The van der Waals surface area contributed by atoms with Crippen LogP contribution in [0.2, 0.25) is 0 Å². The normalized spacial score (nSPS) is 9.94. The van der Waals surface area contributed by atoms with Gasteiger partial charge in [-0.2, -0.15) is 0 Å². The van der Waals surface area contributed by atoms with Gasteiger partial charge >= 0.3 is 6.03 Å². The van der Waals surface area contributed by atoms with Crippen molar-refractivity contribution in [3.63, 3.8) is 0 Å². The molecule has 2 amide bonds. The number of hydrogen-bond acceptors (Lipinski definition) is 4. The summed E-state index contributed by atoms with van der Waals surface area (Å²) >= 11 is 0. The molecule has 0 fully saturated rings. The van der Waals surface area contributed by atoms with Gasteiger partial charge in [0.1, 0.15) is 12.5 Å². The Bertz CT molecular complexity index is 357. The van der Waals surface area contributed by atoms with E-state index in [1.807, 2.05) is 0 Å². The number of urea groups is 1. The predicted octanol–water partition coefficient (Wildman–Crippen LogP) is 1.13. The Hall–Kier alpha value is -1.79. The number of nitrogens with one attached hydrogen (secondary N) is 2. The summed E-state index contributed by atoms with van der Waals surface area (Å²) in [6, 6.07) is 6.03. The van der Waals surface area contributed by atoms with Crippen molar-refractivity contribution in [2.75, 3.05) is 32.4 Å². The Kier molecular flexibility index (Phi) is 5.84. The van der Waals surface area contributed by atoms with Crippen LogP contribution in [0.4, 0.5) is 10.5 Å². The van der Waals surface area contributed by atoms with Crippen molar-refractivity contribution in [3.8, 4) is 5.75 Å². The zero-order valence-corrected chi connectivity index (χ0v) is 9.60. The first-order valence-corrected chi connectivity index (χ1v) is 5.13. The number of hydrogen-bond donors (Lipinski definition) is 3. The number of ether oxygens (including phenoxy) is 2. The van der Waals surface area contributed by atoms with Gasteiger partial charge in [-0.25, -0.2) is 4.79 Å². The van der Waals surface area contributed by atoms with Gasteiger partial charge in [0.05, 0.1) is 18.9 Å². The Labute approximate surface area is 99.5 Å². The van der Waals surface area contributed by atoms with Crippen LogP contribution in [-0.4, -0.2) is 38.2 Å². The topological polar surface area (TPSA) is 79.8 Å². The van der Waals surface area contributed by atoms with Crippen LogP contribution in [0.15, 0.2) is 24.3 Å². The van der Waals surface area contributed by atoms with Crippen LogP contribution in [0.1, 0.15) is 0 Å². The lowest BCUT2D eigenvalue weighted by atomic mass is 10.3. The minimum atomic E-state index is -0.441. The van der Waals surface area contributed by atoms with E-state index in [0.29, 0.717) is 18.9 Å². The van der Waals surface area contributed by atoms with Gasteiger partial charge in [-0.05, 0) is 12.1 Å². The fraction of sp³-hybridized carbons (Fsp3) is 0.364. The van der Waals surface area contributed by atoms with Gasteiger partial charge in [-0.1, -0.05) is 12.1 Å². The van der Waals surface area contributed by atoms with Crippen molar-refractivity contribution in [2.24, 2.45) is 0 Å². The molecular formula is C11H16N2O4.